The summed E-state index contributed by atoms with van der Waals surface area (Å²) in [4.78, 5) is 26.0. The number of carbonyl (C=O) groups is 2. The highest BCUT2D eigenvalue weighted by atomic mass is 19.1. The molecule has 0 aromatic heterocycles. The first-order valence-electron chi connectivity index (χ1n) is 8.34. The van der Waals surface area contributed by atoms with Crippen molar-refractivity contribution in [2.75, 3.05) is 13.1 Å². The van der Waals surface area contributed by atoms with Crippen LogP contribution in [0.4, 0.5) is 9.18 Å². The second kappa shape index (κ2) is 7.97. The zero-order valence-corrected chi connectivity index (χ0v) is 14.3. The molecule has 1 heterocycles. The smallest absolute Gasteiger partial charge is 0.336 e. The maximum atomic E-state index is 12.9. The molecule has 7 heteroatoms. The summed E-state index contributed by atoms with van der Waals surface area (Å²) in [6.45, 7) is 2.70. The Labute approximate surface area is 150 Å². The van der Waals surface area contributed by atoms with Crippen LogP contribution in [0.2, 0.25) is 0 Å². The van der Waals surface area contributed by atoms with Crippen LogP contribution < -0.4 is 10.9 Å². The van der Waals surface area contributed by atoms with Gasteiger partial charge in [0.05, 0.1) is 12.6 Å². The van der Waals surface area contributed by atoms with E-state index in [4.69, 9.17) is 4.74 Å². The van der Waals surface area contributed by atoms with Crippen LogP contribution in [0, 0.1) is 5.82 Å². The van der Waals surface area contributed by atoms with Crippen LogP contribution in [0.15, 0.2) is 54.6 Å². The lowest BCUT2D eigenvalue weighted by Gasteiger charge is -2.36. The third-order valence-corrected chi connectivity index (χ3v) is 4.11. The minimum Gasteiger partial charge on any atom is -0.367 e. The molecule has 2 aromatic carbocycles. The Kier molecular flexibility index (Phi) is 5.48. The van der Waals surface area contributed by atoms with E-state index in [-0.39, 0.29) is 17.8 Å². The standard InChI is InChI=1S/C19H20FN3O3/c1-13-11-23(12-17(26-13)14-5-3-2-4-6-14)19(25)22-21-18(24)15-7-9-16(20)10-8-15/h2-10,13,17H,11-12H2,1H3,(H,21,24)(H,22,25). The monoisotopic (exact) mass is 357 g/mol. The van der Waals surface area contributed by atoms with E-state index in [1.807, 2.05) is 37.3 Å². The lowest BCUT2D eigenvalue weighted by molar-refractivity contribution is -0.0658. The molecule has 0 bridgehead atoms. The molecule has 6 nitrogen and oxygen atoms in total. The van der Waals surface area contributed by atoms with Crippen molar-refractivity contribution < 1.29 is 18.7 Å². The van der Waals surface area contributed by atoms with E-state index in [9.17, 15) is 14.0 Å². The van der Waals surface area contributed by atoms with E-state index in [0.29, 0.717) is 13.1 Å². The van der Waals surface area contributed by atoms with Crippen molar-refractivity contribution in [3.05, 3.63) is 71.5 Å². The molecular formula is C19H20FN3O3. The molecule has 2 aromatic rings. The summed E-state index contributed by atoms with van der Waals surface area (Å²) in [5.41, 5.74) is 5.98. The lowest BCUT2D eigenvalue weighted by Crippen LogP contribution is -2.54. The van der Waals surface area contributed by atoms with Gasteiger partial charge in [-0.25, -0.2) is 14.6 Å². The predicted molar refractivity (Wildman–Crippen MR) is 93.7 cm³/mol. The molecule has 3 amide bonds. The third-order valence-electron chi connectivity index (χ3n) is 4.11. The van der Waals surface area contributed by atoms with Crippen LogP contribution >= 0.6 is 0 Å². The third kappa shape index (κ3) is 4.37. The van der Waals surface area contributed by atoms with Gasteiger partial charge in [-0.2, -0.15) is 0 Å². The molecule has 0 spiro atoms. The van der Waals surface area contributed by atoms with Crippen molar-refractivity contribution in [2.24, 2.45) is 0 Å². The lowest BCUT2D eigenvalue weighted by atomic mass is 10.1. The Bertz CT molecular complexity index is 767. The normalized spacial score (nSPS) is 19.7. The highest BCUT2D eigenvalue weighted by molar-refractivity contribution is 5.95. The summed E-state index contributed by atoms with van der Waals surface area (Å²) in [6, 6.07) is 14.3. The van der Waals surface area contributed by atoms with Crippen LogP contribution in [-0.4, -0.2) is 36.0 Å². The van der Waals surface area contributed by atoms with Gasteiger partial charge in [0, 0.05) is 12.1 Å². The van der Waals surface area contributed by atoms with Gasteiger partial charge in [0.25, 0.3) is 5.91 Å². The second-order valence-corrected chi connectivity index (χ2v) is 6.14. The Morgan fingerprint density at radius 3 is 2.42 bits per heavy atom. The second-order valence-electron chi connectivity index (χ2n) is 6.14. The summed E-state index contributed by atoms with van der Waals surface area (Å²) in [6.07, 6.45) is -0.356. The number of nitrogens with zero attached hydrogens (tertiary/aromatic N) is 1. The summed E-state index contributed by atoms with van der Waals surface area (Å²) >= 11 is 0. The van der Waals surface area contributed by atoms with Gasteiger partial charge in [-0.3, -0.25) is 10.2 Å². The number of hydrazine groups is 1. The summed E-state index contributed by atoms with van der Waals surface area (Å²) in [5, 5.41) is 0. The van der Waals surface area contributed by atoms with Crippen LogP contribution in [0.1, 0.15) is 28.9 Å². The van der Waals surface area contributed by atoms with Gasteiger partial charge >= 0.3 is 6.03 Å². The molecule has 0 aliphatic carbocycles. The van der Waals surface area contributed by atoms with Crippen molar-refractivity contribution in [3.8, 4) is 0 Å². The molecule has 1 aliphatic rings. The summed E-state index contributed by atoms with van der Waals surface area (Å²) < 4.78 is 18.8. The Hall–Kier alpha value is -2.93. The largest absolute Gasteiger partial charge is 0.367 e. The maximum absolute atomic E-state index is 12.9. The van der Waals surface area contributed by atoms with Crippen molar-refractivity contribution >= 4 is 11.9 Å². The first-order chi connectivity index (χ1) is 12.5. The highest BCUT2D eigenvalue weighted by Crippen LogP contribution is 2.24. The minimum atomic E-state index is -0.515. The number of halogens is 1. The molecule has 2 atom stereocenters. The fraction of sp³-hybridized carbons (Fsp3) is 0.263. The van der Waals surface area contributed by atoms with Gasteiger partial charge in [-0.05, 0) is 36.8 Å². The van der Waals surface area contributed by atoms with Crippen molar-refractivity contribution in [3.63, 3.8) is 0 Å². The predicted octanol–water partition coefficient (Wildman–Crippen LogP) is 2.64. The van der Waals surface area contributed by atoms with Gasteiger partial charge in [0.2, 0.25) is 0 Å². The van der Waals surface area contributed by atoms with E-state index in [1.54, 1.807) is 4.90 Å². The fourth-order valence-corrected chi connectivity index (χ4v) is 2.83. The molecule has 1 fully saturated rings. The first-order valence-corrected chi connectivity index (χ1v) is 8.34. The van der Waals surface area contributed by atoms with E-state index in [2.05, 4.69) is 10.9 Å². The Balaban J connectivity index is 1.58. The number of carbonyl (C=O) groups excluding carboxylic acids is 2. The number of rotatable bonds is 2. The van der Waals surface area contributed by atoms with Crippen molar-refractivity contribution in [1.82, 2.24) is 15.8 Å². The topological polar surface area (TPSA) is 70.7 Å². The molecule has 1 saturated heterocycles. The Morgan fingerprint density at radius 1 is 1.04 bits per heavy atom. The van der Waals surface area contributed by atoms with E-state index < -0.39 is 17.8 Å². The molecule has 1 aliphatic heterocycles. The molecule has 2 N–H and O–H groups in total. The zero-order chi connectivity index (χ0) is 18.5. The number of hydrogen-bond donors (Lipinski definition) is 2. The van der Waals surface area contributed by atoms with Crippen molar-refractivity contribution in [2.45, 2.75) is 19.1 Å². The summed E-state index contributed by atoms with van der Waals surface area (Å²) in [5.74, 6) is -0.945. The summed E-state index contributed by atoms with van der Waals surface area (Å²) in [7, 11) is 0. The molecule has 2 unspecified atom stereocenters. The van der Waals surface area contributed by atoms with Crippen molar-refractivity contribution in [1.29, 1.82) is 0 Å². The van der Waals surface area contributed by atoms with Gasteiger partial charge in [-0.1, -0.05) is 30.3 Å². The van der Waals surface area contributed by atoms with Crippen LogP contribution in [0.3, 0.4) is 0 Å². The SMILES string of the molecule is CC1CN(C(=O)NNC(=O)c2ccc(F)cc2)CC(c2ccccc2)O1. The van der Waals surface area contributed by atoms with E-state index in [0.717, 1.165) is 5.56 Å². The van der Waals surface area contributed by atoms with Gasteiger partial charge in [0.15, 0.2) is 0 Å². The molecule has 3 rings (SSSR count). The van der Waals surface area contributed by atoms with Gasteiger partial charge in [-0.15, -0.1) is 0 Å². The molecule has 0 saturated carbocycles. The first kappa shape index (κ1) is 17.9. The van der Waals surface area contributed by atoms with E-state index >= 15 is 0 Å². The fourth-order valence-electron chi connectivity index (χ4n) is 2.83. The minimum absolute atomic E-state index is 0.132. The average Bonchev–Trinajstić information content (AvgIpc) is 2.66. The van der Waals surface area contributed by atoms with Crippen LogP contribution in [-0.2, 0) is 4.74 Å². The zero-order valence-electron chi connectivity index (χ0n) is 14.3. The quantitative estimate of drug-likeness (QED) is 0.812. The number of nitrogens with one attached hydrogen (secondary N) is 2. The van der Waals surface area contributed by atoms with E-state index in [1.165, 1.54) is 24.3 Å². The maximum Gasteiger partial charge on any atom is 0.336 e. The number of amides is 3. The molecule has 136 valence electrons. The highest BCUT2D eigenvalue weighted by Gasteiger charge is 2.29. The number of hydrogen-bond acceptors (Lipinski definition) is 3. The molecule has 26 heavy (non-hydrogen) atoms. The molecule has 0 radical (unpaired) electrons. The number of morpholine rings is 1. The number of urea groups is 1. The number of ether oxygens (including phenoxy) is 1. The molecular weight excluding hydrogens is 337 g/mol. The average molecular weight is 357 g/mol. The Morgan fingerprint density at radius 2 is 1.73 bits per heavy atom. The van der Waals surface area contributed by atoms with Gasteiger partial charge < -0.3 is 9.64 Å². The van der Waals surface area contributed by atoms with Crippen LogP contribution in [0.25, 0.3) is 0 Å². The van der Waals surface area contributed by atoms with Crippen LogP contribution in [0.5, 0.6) is 0 Å². The number of benzene rings is 2. The van der Waals surface area contributed by atoms with Gasteiger partial charge in [0.1, 0.15) is 11.9 Å².